The van der Waals surface area contributed by atoms with Gasteiger partial charge in [0.1, 0.15) is 0 Å². The van der Waals surface area contributed by atoms with Crippen LogP contribution in [0.2, 0.25) is 0 Å². The van der Waals surface area contributed by atoms with E-state index in [4.69, 9.17) is 9.47 Å². The molecule has 0 heterocycles. The van der Waals surface area contributed by atoms with E-state index in [-0.39, 0.29) is 4.31 Å². The first-order chi connectivity index (χ1) is 3.85. The van der Waals surface area contributed by atoms with Gasteiger partial charge in [0, 0.05) is 0 Å². The maximum atomic E-state index is 4.92. The molecule has 0 aromatic heterocycles. The fourth-order valence-corrected chi connectivity index (χ4v) is 1.65. The van der Waals surface area contributed by atoms with Crippen molar-refractivity contribution in [1.82, 2.24) is 0 Å². The molecule has 46 valence electrons. The van der Waals surface area contributed by atoms with Gasteiger partial charge in [-0.15, -0.1) is 0 Å². The third-order valence-corrected chi connectivity index (χ3v) is 3.48. The van der Waals surface area contributed by atoms with Gasteiger partial charge in [0.2, 0.25) is 0 Å². The molecule has 0 aliphatic carbocycles. The molecule has 0 N–H and O–H groups in total. The average molecular weight is 221 g/mol. The molecule has 0 aromatic rings. The quantitative estimate of drug-likeness (QED) is 0.505. The van der Waals surface area contributed by atoms with Crippen molar-refractivity contribution in [2.45, 2.75) is 4.31 Å². The van der Waals surface area contributed by atoms with Gasteiger partial charge in [-0.05, 0) is 0 Å². The molecule has 8 heavy (non-hydrogen) atoms. The van der Waals surface area contributed by atoms with Crippen molar-refractivity contribution in [2.75, 3.05) is 14.2 Å². The van der Waals surface area contributed by atoms with Gasteiger partial charge >= 0.3 is 59.8 Å². The van der Waals surface area contributed by atoms with Crippen molar-refractivity contribution >= 4 is 21.1 Å². The van der Waals surface area contributed by atoms with E-state index in [0.717, 1.165) is 0 Å². The summed E-state index contributed by atoms with van der Waals surface area (Å²) in [6, 6.07) is 0. The standard InChI is InChI=1S/C3H7O2.C2H3.Sn/c1-4-3-5-2;1-2;/h3H,1-2H3;1H,2H2;. The van der Waals surface area contributed by atoms with Crippen LogP contribution < -0.4 is 0 Å². The Hall–Kier alpha value is 0.459. The van der Waals surface area contributed by atoms with Crippen LogP contribution in [0.25, 0.3) is 0 Å². The summed E-state index contributed by atoms with van der Waals surface area (Å²) < 4.78 is 11.8. The number of rotatable bonds is 4. The van der Waals surface area contributed by atoms with Crippen LogP contribution in [-0.2, 0) is 9.47 Å². The Labute approximate surface area is 60.1 Å². The van der Waals surface area contributed by atoms with E-state index in [0.29, 0.717) is 0 Å². The first-order valence-corrected chi connectivity index (χ1v) is 5.57. The van der Waals surface area contributed by atoms with Crippen LogP contribution in [0.4, 0.5) is 0 Å². The van der Waals surface area contributed by atoms with Gasteiger partial charge < -0.3 is 0 Å². The van der Waals surface area contributed by atoms with Gasteiger partial charge in [0.25, 0.3) is 0 Å². The second kappa shape index (κ2) is 5.59. The average Bonchev–Trinajstić information content (AvgIpc) is 1.83. The fraction of sp³-hybridized carbons (Fsp3) is 0.600. The molecule has 0 atom stereocenters. The predicted octanol–water partition coefficient (Wildman–Crippen LogP) is 0.410. The van der Waals surface area contributed by atoms with Crippen LogP contribution in [-0.4, -0.2) is 39.7 Å². The molecule has 2 nitrogen and oxygen atoms in total. The molecule has 3 heteroatoms. The Morgan fingerprint density at radius 2 is 2.00 bits per heavy atom. The van der Waals surface area contributed by atoms with Gasteiger partial charge in [-0.3, -0.25) is 0 Å². The van der Waals surface area contributed by atoms with Crippen LogP contribution in [0, 0.1) is 0 Å². The minimum atomic E-state index is -0.589. The van der Waals surface area contributed by atoms with E-state index < -0.39 is 21.1 Å². The molecule has 0 saturated carbocycles. The fourth-order valence-electron chi connectivity index (χ4n) is 0.329. The monoisotopic (exact) mass is 222 g/mol. The van der Waals surface area contributed by atoms with Crippen molar-refractivity contribution in [1.29, 1.82) is 0 Å². The minimum absolute atomic E-state index is 0.0519. The van der Waals surface area contributed by atoms with Crippen molar-refractivity contribution in [3.05, 3.63) is 10.7 Å². The van der Waals surface area contributed by atoms with Crippen LogP contribution in [0.1, 0.15) is 0 Å². The second-order valence-electron chi connectivity index (χ2n) is 1.17. The summed E-state index contributed by atoms with van der Waals surface area (Å²) in [6.07, 6.45) is 0. The Morgan fingerprint density at radius 3 is 2.12 bits per heavy atom. The molecule has 0 fully saturated rings. The summed E-state index contributed by atoms with van der Waals surface area (Å²) in [5, 5.41) is 0. The molecule has 0 aliphatic heterocycles. The summed E-state index contributed by atoms with van der Waals surface area (Å²) in [4.78, 5) is 0. The molecule has 0 aliphatic rings. The van der Waals surface area contributed by atoms with E-state index in [1.165, 1.54) is 0 Å². The number of ether oxygens (including phenoxy) is 2. The predicted molar refractivity (Wildman–Crippen MR) is 33.8 cm³/mol. The Kier molecular flexibility index (Phi) is 5.91. The van der Waals surface area contributed by atoms with E-state index in [9.17, 15) is 0 Å². The number of hydrogen-bond donors (Lipinski definition) is 0. The van der Waals surface area contributed by atoms with Crippen molar-refractivity contribution in [3.63, 3.8) is 0 Å². The van der Waals surface area contributed by atoms with E-state index in [2.05, 4.69) is 6.58 Å². The molecule has 0 aromatic carbocycles. The van der Waals surface area contributed by atoms with E-state index >= 15 is 0 Å². The zero-order valence-electron chi connectivity index (χ0n) is 5.18. The van der Waals surface area contributed by atoms with Gasteiger partial charge in [0.15, 0.2) is 0 Å². The molecular weight excluding hydrogens is 211 g/mol. The molecule has 2 radical (unpaired) electrons. The van der Waals surface area contributed by atoms with Gasteiger partial charge in [-0.1, -0.05) is 0 Å². The Balaban J connectivity index is 3.20. The molecule has 0 spiro atoms. The molecule has 0 rings (SSSR count). The van der Waals surface area contributed by atoms with Crippen molar-refractivity contribution in [2.24, 2.45) is 0 Å². The molecule has 0 bridgehead atoms. The zero-order chi connectivity index (χ0) is 6.41. The molecule has 0 unspecified atom stereocenters. The number of methoxy groups -OCH3 is 2. The number of hydrogen-bond acceptors (Lipinski definition) is 2. The van der Waals surface area contributed by atoms with Gasteiger partial charge in [0.05, 0.1) is 0 Å². The third-order valence-electron chi connectivity index (χ3n) is 0.682. The van der Waals surface area contributed by atoms with E-state index in [1.807, 2.05) is 4.09 Å². The Morgan fingerprint density at radius 1 is 1.50 bits per heavy atom. The third kappa shape index (κ3) is 3.46. The van der Waals surface area contributed by atoms with Crippen LogP contribution in [0.3, 0.4) is 0 Å². The SMILES string of the molecule is C=[CH][Sn][CH](OC)OC. The first-order valence-electron chi connectivity index (χ1n) is 2.27. The summed E-state index contributed by atoms with van der Waals surface area (Å²) in [7, 11) is 3.30. The van der Waals surface area contributed by atoms with Crippen LogP contribution >= 0.6 is 0 Å². The first kappa shape index (κ1) is 8.46. The normalized spacial score (nSPS) is 9.88. The maximum absolute atomic E-state index is 4.92. The van der Waals surface area contributed by atoms with Gasteiger partial charge in [-0.2, -0.15) is 0 Å². The molecule has 0 amide bonds. The molecule has 0 saturated heterocycles. The Bertz CT molecular complexity index is 61.4. The van der Waals surface area contributed by atoms with Gasteiger partial charge in [-0.25, -0.2) is 0 Å². The molecular formula is C5H10O2Sn. The topological polar surface area (TPSA) is 18.5 Å². The summed E-state index contributed by atoms with van der Waals surface area (Å²) in [5.74, 6) is 0. The van der Waals surface area contributed by atoms with E-state index in [1.54, 1.807) is 14.2 Å². The summed E-state index contributed by atoms with van der Waals surface area (Å²) in [6.45, 7) is 3.61. The zero-order valence-corrected chi connectivity index (χ0v) is 8.03. The van der Waals surface area contributed by atoms with Crippen LogP contribution in [0.5, 0.6) is 0 Å². The van der Waals surface area contributed by atoms with Crippen LogP contribution in [0.15, 0.2) is 10.7 Å². The van der Waals surface area contributed by atoms with Crippen molar-refractivity contribution < 1.29 is 9.47 Å². The second-order valence-corrected chi connectivity index (χ2v) is 4.64. The summed E-state index contributed by atoms with van der Waals surface area (Å²) in [5.41, 5.74) is 0. The van der Waals surface area contributed by atoms with Crippen molar-refractivity contribution in [3.8, 4) is 0 Å². The summed E-state index contributed by atoms with van der Waals surface area (Å²) >= 11 is -0.589.